The van der Waals surface area contributed by atoms with E-state index in [-0.39, 0.29) is 24.2 Å². The van der Waals surface area contributed by atoms with E-state index < -0.39 is 5.41 Å². The number of likely N-dealkylation sites (N-methyl/N-ethyl adjacent to an activating group) is 1. The molecule has 2 rings (SSSR count). The summed E-state index contributed by atoms with van der Waals surface area (Å²) >= 11 is 6.07. The lowest BCUT2D eigenvalue weighted by Crippen LogP contribution is -2.40. The summed E-state index contributed by atoms with van der Waals surface area (Å²) in [5.74, 6) is 0.425. The smallest absolute Gasteiger partial charge is 0.233 e. The molecule has 1 amide bonds. The zero-order valence-corrected chi connectivity index (χ0v) is 13.5. The van der Waals surface area contributed by atoms with Crippen molar-refractivity contribution < 1.29 is 4.79 Å². The van der Waals surface area contributed by atoms with E-state index in [2.05, 4.69) is 0 Å². The van der Waals surface area contributed by atoms with Gasteiger partial charge in [0.15, 0.2) is 0 Å². The highest BCUT2D eigenvalue weighted by Crippen LogP contribution is 2.55. The Morgan fingerprint density at radius 2 is 2.10 bits per heavy atom. The van der Waals surface area contributed by atoms with Crippen LogP contribution >= 0.6 is 24.0 Å². The normalized spacial score (nSPS) is 23.9. The lowest BCUT2D eigenvalue weighted by molar-refractivity contribution is -0.134. The maximum absolute atomic E-state index is 12.8. The molecule has 1 aromatic rings. The quantitative estimate of drug-likeness (QED) is 0.908. The van der Waals surface area contributed by atoms with E-state index in [1.807, 2.05) is 43.0 Å². The van der Waals surface area contributed by atoms with Gasteiger partial charge >= 0.3 is 0 Å². The van der Waals surface area contributed by atoms with Crippen molar-refractivity contribution in [3.05, 3.63) is 34.9 Å². The van der Waals surface area contributed by atoms with Crippen LogP contribution in [0.4, 0.5) is 0 Å². The van der Waals surface area contributed by atoms with Gasteiger partial charge in [0.1, 0.15) is 0 Å². The molecule has 0 heterocycles. The van der Waals surface area contributed by atoms with Gasteiger partial charge in [-0.25, -0.2) is 0 Å². The van der Waals surface area contributed by atoms with Crippen LogP contribution < -0.4 is 5.73 Å². The van der Waals surface area contributed by atoms with Crippen LogP contribution in [0.5, 0.6) is 0 Å². The third-order valence-corrected chi connectivity index (χ3v) is 4.40. The molecule has 1 aromatic carbocycles. The number of hydrogen-bond acceptors (Lipinski definition) is 2. The van der Waals surface area contributed by atoms with E-state index in [0.29, 0.717) is 11.6 Å². The molecule has 1 fully saturated rings. The summed E-state index contributed by atoms with van der Waals surface area (Å²) < 4.78 is 0. The Kier molecular flexibility index (Phi) is 5.87. The van der Waals surface area contributed by atoms with Gasteiger partial charge in [-0.1, -0.05) is 23.7 Å². The highest BCUT2D eigenvalue weighted by Gasteiger charge is 2.61. The number of hydrogen-bond donors (Lipinski definition) is 1. The maximum atomic E-state index is 12.8. The van der Waals surface area contributed by atoms with Crippen LogP contribution in [0.25, 0.3) is 0 Å². The third-order valence-electron chi connectivity index (χ3n) is 4.16. The first kappa shape index (κ1) is 17.3. The highest BCUT2D eigenvalue weighted by molar-refractivity contribution is 6.30. The van der Waals surface area contributed by atoms with Gasteiger partial charge in [0.25, 0.3) is 0 Å². The molecule has 0 saturated heterocycles. The molecule has 0 aliphatic heterocycles. The van der Waals surface area contributed by atoms with E-state index in [4.69, 9.17) is 17.3 Å². The van der Waals surface area contributed by atoms with Gasteiger partial charge in [-0.05, 0) is 50.4 Å². The Morgan fingerprint density at radius 1 is 1.45 bits per heavy atom. The van der Waals surface area contributed by atoms with E-state index in [1.165, 1.54) is 0 Å². The second kappa shape index (κ2) is 6.79. The summed E-state index contributed by atoms with van der Waals surface area (Å²) in [7, 11) is 0. The Hall–Kier alpha value is -0.770. The number of benzene rings is 1. The number of nitrogens with two attached hydrogens (primary N) is 1. The number of carbonyl (C=O) groups is 1. The van der Waals surface area contributed by atoms with Crippen LogP contribution in [-0.4, -0.2) is 30.4 Å². The van der Waals surface area contributed by atoms with Gasteiger partial charge in [0.05, 0.1) is 5.41 Å². The van der Waals surface area contributed by atoms with Crippen molar-refractivity contribution >= 4 is 29.9 Å². The third kappa shape index (κ3) is 2.80. The van der Waals surface area contributed by atoms with Crippen LogP contribution in [0.15, 0.2) is 24.3 Å². The van der Waals surface area contributed by atoms with Gasteiger partial charge in [0.2, 0.25) is 5.91 Å². The molecule has 1 aliphatic carbocycles. The van der Waals surface area contributed by atoms with Gasteiger partial charge in [-0.15, -0.1) is 12.4 Å². The molecule has 0 bridgehead atoms. The van der Waals surface area contributed by atoms with E-state index in [0.717, 1.165) is 25.1 Å². The standard InChI is InChI=1S/C15H21ClN2O.ClH/c1-3-18(4-2)14(19)15(9-12(15)10-17)11-6-5-7-13(16)8-11;/h5-8,12H,3-4,9-10,17H2,1-2H3;1H/t12?,15-;/m0./s1. The van der Waals surface area contributed by atoms with Gasteiger partial charge in [0, 0.05) is 18.1 Å². The average molecular weight is 317 g/mol. The molecule has 5 heteroatoms. The van der Waals surface area contributed by atoms with E-state index in [9.17, 15) is 4.79 Å². The molecule has 0 spiro atoms. The first-order valence-corrected chi connectivity index (χ1v) is 7.23. The summed E-state index contributed by atoms with van der Waals surface area (Å²) in [6, 6.07) is 7.63. The minimum atomic E-state index is -0.439. The second-order valence-corrected chi connectivity index (χ2v) is 5.53. The fourth-order valence-corrected chi connectivity index (χ4v) is 3.10. The average Bonchev–Trinajstić information content (AvgIpc) is 3.15. The minimum Gasteiger partial charge on any atom is -0.342 e. The predicted octanol–water partition coefficient (Wildman–Crippen LogP) is 2.85. The van der Waals surface area contributed by atoms with Crippen molar-refractivity contribution in [2.75, 3.05) is 19.6 Å². The minimum absolute atomic E-state index is 0. The molecule has 112 valence electrons. The van der Waals surface area contributed by atoms with Crippen molar-refractivity contribution in [1.82, 2.24) is 4.90 Å². The molecular weight excluding hydrogens is 295 g/mol. The van der Waals surface area contributed by atoms with Gasteiger partial charge in [-0.3, -0.25) is 4.79 Å². The number of halogens is 2. The molecule has 0 aromatic heterocycles. The molecule has 1 unspecified atom stereocenters. The van der Waals surface area contributed by atoms with E-state index >= 15 is 0 Å². The molecule has 0 radical (unpaired) electrons. The highest BCUT2D eigenvalue weighted by atomic mass is 35.5. The molecule has 2 N–H and O–H groups in total. The first-order chi connectivity index (χ1) is 9.09. The van der Waals surface area contributed by atoms with Crippen molar-refractivity contribution in [3.8, 4) is 0 Å². The van der Waals surface area contributed by atoms with Crippen LogP contribution in [-0.2, 0) is 10.2 Å². The Morgan fingerprint density at radius 3 is 2.55 bits per heavy atom. The van der Waals surface area contributed by atoms with Crippen LogP contribution in [0.2, 0.25) is 5.02 Å². The monoisotopic (exact) mass is 316 g/mol. The largest absolute Gasteiger partial charge is 0.342 e. The Bertz CT molecular complexity index is 477. The van der Waals surface area contributed by atoms with Crippen LogP contribution in [0, 0.1) is 5.92 Å². The molecule has 1 saturated carbocycles. The number of amides is 1. The summed E-state index contributed by atoms with van der Waals surface area (Å²) in [4.78, 5) is 14.7. The first-order valence-electron chi connectivity index (χ1n) is 6.85. The number of rotatable bonds is 5. The summed E-state index contributed by atoms with van der Waals surface area (Å²) in [6.45, 7) is 6.02. The maximum Gasteiger partial charge on any atom is 0.233 e. The zero-order valence-electron chi connectivity index (χ0n) is 11.9. The molecule has 3 nitrogen and oxygen atoms in total. The molecule has 2 atom stereocenters. The molecule has 1 aliphatic rings. The number of carbonyl (C=O) groups excluding carboxylic acids is 1. The van der Waals surface area contributed by atoms with Crippen LogP contribution in [0.3, 0.4) is 0 Å². The second-order valence-electron chi connectivity index (χ2n) is 5.10. The molecular formula is C15H22Cl2N2O. The van der Waals surface area contributed by atoms with Crippen molar-refractivity contribution in [2.24, 2.45) is 11.7 Å². The van der Waals surface area contributed by atoms with Gasteiger partial charge < -0.3 is 10.6 Å². The van der Waals surface area contributed by atoms with Crippen molar-refractivity contribution in [1.29, 1.82) is 0 Å². The van der Waals surface area contributed by atoms with Crippen molar-refractivity contribution in [3.63, 3.8) is 0 Å². The Labute approximate surface area is 131 Å². The SMILES string of the molecule is CCN(CC)C(=O)[C@]1(c2cccc(Cl)c2)CC1CN.Cl. The van der Waals surface area contributed by atoms with Crippen LogP contribution in [0.1, 0.15) is 25.8 Å². The van der Waals surface area contributed by atoms with E-state index in [1.54, 1.807) is 0 Å². The molecule has 20 heavy (non-hydrogen) atoms. The topological polar surface area (TPSA) is 46.3 Å². The Balaban J connectivity index is 0.00000200. The lowest BCUT2D eigenvalue weighted by atomic mass is 9.91. The fraction of sp³-hybridized carbons (Fsp3) is 0.533. The fourth-order valence-electron chi connectivity index (χ4n) is 2.91. The lowest BCUT2D eigenvalue weighted by Gasteiger charge is -2.26. The summed E-state index contributed by atoms with van der Waals surface area (Å²) in [6.07, 6.45) is 0.833. The number of nitrogens with zero attached hydrogens (tertiary/aromatic N) is 1. The van der Waals surface area contributed by atoms with Crippen molar-refractivity contribution in [2.45, 2.75) is 25.7 Å². The predicted molar refractivity (Wildman–Crippen MR) is 85.5 cm³/mol. The summed E-state index contributed by atoms with van der Waals surface area (Å²) in [5, 5.41) is 0.673. The zero-order chi connectivity index (χ0) is 14.0. The van der Waals surface area contributed by atoms with Gasteiger partial charge in [-0.2, -0.15) is 0 Å². The summed E-state index contributed by atoms with van der Waals surface area (Å²) in [5.41, 5.74) is 6.37.